The van der Waals surface area contributed by atoms with E-state index < -0.39 is 11.6 Å². The van der Waals surface area contributed by atoms with Gasteiger partial charge in [-0.3, -0.25) is 4.79 Å². The SMILES string of the molecule is CN.CNc1ccc(-c2ccc(C(=O)C3CCC3)cc2)cc1.FC(F)(F)C1(c2ccc(NC(ON=C3CCC3)=C3CCC3)cc2)CC1. The Bertz CT molecular complexity index is 1540. The van der Waals surface area contributed by atoms with E-state index in [0.29, 0.717) is 17.2 Å². The molecule has 0 heterocycles. The van der Waals surface area contributed by atoms with Crippen LogP contribution in [0, 0.1) is 5.92 Å². The molecule has 3 aromatic rings. The predicted octanol–water partition coefficient (Wildman–Crippen LogP) is 9.60. The Labute approximate surface area is 275 Å². The molecule has 7 rings (SSSR count). The zero-order valence-corrected chi connectivity index (χ0v) is 27.3. The second-order valence-electron chi connectivity index (χ2n) is 12.6. The van der Waals surface area contributed by atoms with Gasteiger partial charge in [-0.2, -0.15) is 13.2 Å². The minimum Gasteiger partial charge on any atom is -0.388 e. The van der Waals surface area contributed by atoms with Gasteiger partial charge in [0.1, 0.15) is 0 Å². The third-order valence-corrected chi connectivity index (χ3v) is 9.62. The van der Waals surface area contributed by atoms with Gasteiger partial charge in [0.2, 0.25) is 5.88 Å². The lowest BCUT2D eigenvalue weighted by atomic mass is 9.80. The highest BCUT2D eigenvalue weighted by Gasteiger charge is 2.64. The Hall–Kier alpha value is -4.11. The number of carbonyl (C=O) groups excluding carboxylic acids is 1. The smallest absolute Gasteiger partial charge is 0.388 e. The van der Waals surface area contributed by atoms with Crippen LogP contribution in [0.2, 0.25) is 0 Å². The van der Waals surface area contributed by atoms with Crippen LogP contribution in [0.25, 0.3) is 11.1 Å². The minimum atomic E-state index is -4.18. The second-order valence-corrected chi connectivity index (χ2v) is 12.6. The van der Waals surface area contributed by atoms with E-state index in [2.05, 4.69) is 45.8 Å². The summed E-state index contributed by atoms with van der Waals surface area (Å²) in [5.41, 5.74) is 10.5. The summed E-state index contributed by atoms with van der Waals surface area (Å²) in [5, 5.41) is 10.5. The number of halogens is 3. The van der Waals surface area contributed by atoms with Crippen molar-refractivity contribution in [1.29, 1.82) is 0 Å². The highest BCUT2D eigenvalue weighted by molar-refractivity contribution is 5.98. The van der Waals surface area contributed by atoms with Crippen molar-refractivity contribution in [1.82, 2.24) is 0 Å². The van der Waals surface area contributed by atoms with E-state index in [1.165, 1.54) is 24.6 Å². The summed E-state index contributed by atoms with van der Waals surface area (Å²) < 4.78 is 39.6. The fraction of sp³-hybridized carbons (Fsp3) is 0.421. The Morgan fingerprint density at radius 3 is 1.79 bits per heavy atom. The second kappa shape index (κ2) is 15.2. The van der Waals surface area contributed by atoms with Crippen molar-refractivity contribution >= 4 is 22.9 Å². The summed E-state index contributed by atoms with van der Waals surface area (Å²) in [6, 6.07) is 22.8. The Morgan fingerprint density at radius 2 is 1.36 bits per heavy atom. The molecule has 9 heteroatoms. The van der Waals surface area contributed by atoms with E-state index in [0.717, 1.165) is 79.6 Å². The number of hydrogen-bond donors (Lipinski definition) is 3. The number of allylic oxidation sites excluding steroid dienone is 1. The van der Waals surface area contributed by atoms with Gasteiger partial charge in [-0.15, -0.1) is 0 Å². The maximum Gasteiger partial charge on any atom is 0.398 e. The number of nitrogens with one attached hydrogen (secondary N) is 2. The van der Waals surface area contributed by atoms with Crippen molar-refractivity contribution in [3.05, 3.63) is 95.4 Å². The standard InChI is InChI=1S/C19H21F3N2O.C18H19NO.CH5N/c20-19(21,22)18(11-12-18)14-7-9-15(10-8-14)23-17(13-3-1-4-13)25-24-16-5-2-6-16;1-19-17-11-9-14(10-12-17)13-5-7-16(8-6-13)18(20)15-3-2-4-15;1-2/h7-10,23H,1-6,11-12H2;5-12,15,19H,2-4H2,1H3;2H2,1H3. The van der Waals surface area contributed by atoms with Crippen LogP contribution in [-0.2, 0) is 10.3 Å². The van der Waals surface area contributed by atoms with Crippen molar-refractivity contribution in [2.45, 2.75) is 82.2 Å². The van der Waals surface area contributed by atoms with Gasteiger partial charge in [0.15, 0.2) is 5.78 Å². The van der Waals surface area contributed by atoms with Crippen LogP contribution >= 0.6 is 0 Å². The van der Waals surface area contributed by atoms with Crippen LogP contribution in [-0.4, -0.2) is 31.8 Å². The van der Waals surface area contributed by atoms with Crippen molar-refractivity contribution in [2.24, 2.45) is 16.8 Å². The topological polar surface area (TPSA) is 88.7 Å². The largest absolute Gasteiger partial charge is 0.398 e. The van der Waals surface area contributed by atoms with Gasteiger partial charge in [0.25, 0.3) is 0 Å². The summed E-state index contributed by atoms with van der Waals surface area (Å²) in [5.74, 6) is 1.22. The van der Waals surface area contributed by atoms with E-state index in [9.17, 15) is 18.0 Å². The Morgan fingerprint density at radius 1 is 0.809 bits per heavy atom. The molecule has 4 aliphatic rings. The van der Waals surface area contributed by atoms with Crippen LogP contribution in [0.15, 0.2) is 89.4 Å². The summed E-state index contributed by atoms with van der Waals surface area (Å²) >= 11 is 0. The van der Waals surface area contributed by atoms with Crippen LogP contribution in [0.4, 0.5) is 24.5 Å². The van der Waals surface area contributed by atoms with E-state index in [4.69, 9.17) is 4.84 Å². The highest BCUT2D eigenvalue weighted by atomic mass is 19.4. The lowest BCUT2D eigenvalue weighted by Crippen LogP contribution is -2.28. The molecule has 3 aromatic carbocycles. The average Bonchev–Trinajstić information content (AvgIpc) is 3.83. The van der Waals surface area contributed by atoms with Crippen molar-refractivity contribution in [3.8, 4) is 11.1 Å². The number of anilines is 2. The molecule has 6 nitrogen and oxygen atoms in total. The molecule has 0 aliphatic heterocycles. The zero-order valence-electron chi connectivity index (χ0n) is 27.3. The van der Waals surface area contributed by atoms with E-state index in [1.807, 2.05) is 31.3 Å². The molecule has 0 atom stereocenters. The first-order chi connectivity index (χ1) is 22.8. The molecular weight excluding hydrogens is 601 g/mol. The highest BCUT2D eigenvalue weighted by Crippen LogP contribution is 2.59. The van der Waals surface area contributed by atoms with Gasteiger partial charge >= 0.3 is 6.18 Å². The molecule has 0 amide bonds. The maximum absolute atomic E-state index is 13.2. The van der Waals surface area contributed by atoms with E-state index >= 15 is 0 Å². The summed E-state index contributed by atoms with van der Waals surface area (Å²) in [6.07, 6.45) is 5.71. The normalized spacial score (nSPS) is 17.6. The monoisotopic (exact) mass is 646 g/mol. The van der Waals surface area contributed by atoms with Gasteiger partial charge in [0, 0.05) is 29.9 Å². The third kappa shape index (κ3) is 8.07. The predicted molar refractivity (Wildman–Crippen MR) is 183 cm³/mol. The molecule has 4 aliphatic carbocycles. The third-order valence-electron chi connectivity index (χ3n) is 9.62. The number of Topliss-reactive ketones (excluding diaryl/α,β-unsaturated/α-hetero) is 1. The lowest BCUT2D eigenvalue weighted by Gasteiger charge is -2.23. The Balaban J connectivity index is 0.000000179. The van der Waals surface area contributed by atoms with Crippen LogP contribution in [0.5, 0.6) is 0 Å². The first-order valence-corrected chi connectivity index (χ1v) is 16.6. The summed E-state index contributed by atoms with van der Waals surface area (Å²) in [4.78, 5) is 17.7. The van der Waals surface area contributed by atoms with Gasteiger partial charge < -0.3 is 21.2 Å². The van der Waals surface area contributed by atoms with Crippen molar-refractivity contribution in [2.75, 3.05) is 24.7 Å². The van der Waals surface area contributed by atoms with Gasteiger partial charge in [-0.05, 0) is 118 Å². The lowest BCUT2D eigenvalue weighted by molar-refractivity contribution is -0.160. The molecule has 250 valence electrons. The fourth-order valence-corrected chi connectivity index (χ4v) is 5.72. The van der Waals surface area contributed by atoms with E-state index in [1.54, 1.807) is 24.3 Å². The number of oxime groups is 1. The number of hydrogen-bond acceptors (Lipinski definition) is 6. The molecule has 0 unspecified atom stereocenters. The number of alkyl halides is 3. The molecule has 0 saturated heterocycles. The quantitative estimate of drug-likeness (QED) is 0.122. The zero-order chi connectivity index (χ0) is 33.4. The van der Waals surface area contributed by atoms with Crippen LogP contribution in [0.3, 0.4) is 0 Å². The Kier molecular flexibility index (Phi) is 11.1. The summed E-state index contributed by atoms with van der Waals surface area (Å²) in [6.45, 7) is 0. The number of benzene rings is 3. The maximum atomic E-state index is 13.2. The number of carbonyl (C=O) groups is 1. The first-order valence-electron chi connectivity index (χ1n) is 16.6. The summed E-state index contributed by atoms with van der Waals surface area (Å²) in [7, 11) is 3.41. The fourth-order valence-electron chi connectivity index (χ4n) is 5.72. The average molecular weight is 647 g/mol. The molecule has 0 spiro atoms. The number of nitrogens with zero attached hydrogens (tertiary/aromatic N) is 1. The van der Waals surface area contributed by atoms with Gasteiger partial charge in [-0.25, -0.2) is 0 Å². The van der Waals surface area contributed by atoms with Crippen molar-refractivity contribution < 1.29 is 22.8 Å². The van der Waals surface area contributed by atoms with Gasteiger partial charge in [-0.1, -0.05) is 60.1 Å². The van der Waals surface area contributed by atoms with E-state index in [-0.39, 0.29) is 18.8 Å². The number of rotatable bonds is 9. The number of ketones is 1. The molecular formula is C38H45F3N4O2. The van der Waals surface area contributed by atoms with Gasteiger partial charge in [0.05, 0.1) is 11.1 Å². The first kappa shape index (κ1) is 34.2. The molecule has 4 N–H and O–H groups in total. The van der Waals surface area contributed by atoms with Crippen molar-refractivity contribution in [3.63, 3.8) is 0 Å². The molecule has 0 bridgehead atoms. The van der Waals surface area contributed by atoms with Crippen LogP contribution < -0.4 is 16.4 Å². The molecule has 47 heavy (non-hydrogen) atoms. The molecule has 0 aromatic heterocycles. The van der Waals surface area contributed by atoms with Crippen LogP contribution in [0.1, 0.15) is 86.6 Å². The molecule has 4 fully saturated rings. The number of nitrogens with two attached hydrogens (primary N) is 1. The molecule has 0 radical (unpaired) electrons. The molecule has 4 saturated carbocycles. The minimum absolute atomic E-state index is 0.180.